The average molecular weight is 309 g/mol. The van der Waals surface area contributed by atoms with Crippen LogP contribution < -0.4 is 9.47 Å². The van der Waals surface area contributed by atoms with Crippen molar-refractivity contribution >= 4 is 0 Å². The van der Waals surface area contributed by atoms with Gasteiger partial charge < -0.3 is 24.8 Å². The van der Waals surface area contributed by atoms with Crippen LogP contribution in [0.3, 0.4) is 0 Å². The number of benzene rings is 1. The summed E-state index contributed by atoms with van der Waals surface area (Å²) in [6, 6.07) is 7.11. The van der Waals surface area contributed by atoms with Gasteiger partial charge in [0.1, 0.15) is 29.5 Å². The number of aromatic nitrogens is 3. The van der Waals surface area contributed by atoms with Crippen molar-refractivity contribution in [1.29, 1.82) is 0 Å². The van der Waals surface area contributed by atoms with Gasteiger partial charge in [0, 0.05) is 6.07 Å². The molecule has 3 N–H and O–H groups in total. The molecule has 8 heteroatoms. The summed E-state index contributed by atoms with van der Waals surface area (Å²) in [5, 5.41) is 35.4. The van der Waals surface area contributed by atoms with Gasteiger partial charge in [-0.15, -0.1) is 5.10 Å². The molecule has 22 heavy (non-hydrogen) atoms. The highest BCUT2D eigenvalue weighted by molar-refractivity contribution is 5.33. The fraction of sp³-hybridized carbons (Fsp3) is 0.429. The lowest BCUT2D eigenvalue weighted by atomic mass is 10.3. The number of methoxy groups -OCH3 is 1. The molecule has 0 amide bonds. The number of aliphatic hydroxyl groups excluding tert-OH is 3. The lowest BCUT2D eigenvalue weighted by molar-refractivity contribution is 0.0760. The van der Waals surface area contributed by atoms with Gasteiger partial charge in [-0.2, -0.15) is 0 Å². The molecule has 0 saturated carbocycles. The van der Waals surface area contributed by atoms with Crippen molar-refractivity contribution in [3.8, 4) is 11.5 Å². The molecule has 0 aliphatic carbocycles. The van der Waals surface area contributed by atoms with Crippen molar-refractivity contribution in [2.45, 2.75) is 25.9 Å². The van der Waals surface area contributed by atoms with Gasteiger partial charge in [0.2, 0.25) is 0 Å². The second-order valence-corrected chi connectivity index (χ2v) is 4.63. The number of rotatable bonds is 8. The topological polar surface area (TPSA) is 110 Å². The third kappa shape index (κ3) is 3.94. The van der Waals surface area contributed by atoms with Gasteiger partial charge in [-0.1, -0.05) is 11.3 Å². The van der Waals surface area contributed by atoms with Crippen molar-refractivity contribution in [3.63, 3.8) is 0 Å². The van der Waals surface area contributed by atoms with Gasteiger partial charge in [-0.25, -0.2) is 4.68 Å². The number of hydrogen-bond donors (Lipinski definition) is 3. The number of nitrogens with zero attached hydrogens (tertiary/aromatic N) is 3. The van der Waals surface area contributed by atoms with Crippen LogP contribution in [0.4, 0.5) is 0 Å². The maximum absolute atomic E-state index is 9.51. The first-order chi connectivity index (χ1) is 10.7. The fourth-order valence-corrected chi connectivity index (χ4v) is 1.90. The van der Waals surface area contributed by atoms with Crippen molar-refractivity contribution < 1.29 is 24.8 Å². The molecule has 0 bridgehead atoms. The summed E-state index contributed by atoms with van der Waals surface area (Å²) in [6.07, 6.45) is -0.955. The van der Waals surface area contributed by atoms with Crippen LogP contribution in [0, 0.1) is 0 Å². The van der Waals surface area contributed by atoms with Gasteiger partial charge in [0.15, 0.2) is 0 Å². The zero-order chi connectivity index (χ0) is 15.9. The van der Waals surface area contributed by atoms with Crippen molar-refractivity contribution in [2.24, 2.45) is 0 Å². The van der Waals surface area contributed by atoms with Crippen LogP contribution in [0.1, 0.15) is 11.4 Å². The smallest absolute Gasteiger partial charge is 0.132 e. The average Bonchev–Trinajstić information content (AvgIpc) is 2.94. The summed E-state index contributed by atoms with van der Waals surface area (Å²) in [7, 11) is 1.57. The molecular weight excluding hydrogens is 290 g/mol. The van der Waals surface area contributed by atoms with Crippen LogP contribution >= 0.6 is 0 Å². The van der Waals surface area contributed by atoms with E-state index in [-0.39, 0.29) is 26.4 Å². The van der Waals surface area contributed by atoms with E-state index in [1.807, 2.05) is 0 Å². The van der Waals surface area contributed by atoms with E-state index in [2.05, 4.69) is 10.3 Å². The lowest BCUT2D eigenvalue weighted by Gasteiger charge is -2.12. The highest BCUT2D eigenvalue weighted by Crippen LogP contribution is 2.20. The normalized spacial score (nSPS) is 12.2. The highest BCUT2D eigenvalue weighted by atomic mass is 16.5. The van der Waals surface area contributed by atoms with Crippen LogP contribution in [0.5, 0.6) is 11.5 Å². The standard InChI is InChI=1S/C14H19N3O5/c1-21-11-3-2-4-12(5-11)22-9-14-13(8-19)15-16-17(14)6-10(20)7-18/h2-5,10,18-20H,6-9H2,1H3. The number of ether oxygens (including phenoxy) is 2. The van der Waals surface area contributed by atoms with Crippen molar-refractivity contribution in [3.05, 3.63) is 35.7 Å². The molecule has 0 radical (unpaired) electrons. The maximum atomic E-state index is 9.51. The molecule has 0 spiro atoms. The monoisotopic (exact) mass is 309 g/mol. The number of aliphatic hydroxyl groups is 3. The Kier molecular flexibility index (Phi) is 5.70. The molecule has 0 saturated heterocycles. The zero-order valence-corrected chi connectivity index (χ0v) is 12.2. The van der Waals surface area contributed by atoms with E-state index < -0.39 is 6.10 Å². The molecule has 1 aromatic carbocycles. The summed E-state index contributed by atoms with van der Waals surface area (Å²) in [5.41, 5.74) is 0.908. The third-order valence-corrected chi connectivity index (χ3v) is 3.08. The van der Waals surface area contributed by atoms with Crippen LogP contribution in [-0.4, -0.2) is 50.1 Å². The summed E-state index contributed by atoms with van der Waals surface area (Å²) in [5.74, 6) is 1.26. The molecule has 0 aliphatic heterocycles. The molecule has 0 fully saturated rings. The molecule has 1 aromatic heterocycles. The zero-order valence-electron chi connectivity index (χ0n) is 12.2. The van der Waals surface area contributed by atoms with E-state index in [0.717, 1.165) is 0 Å². The predicted octanol–water partition coefficient (Wildman–Crippen LogP) is -0.289. The molecule has 0 aliphatic rings. The molecule has 120 valence electrons. The summed E-state index contributed by atoms with van der Waals surface area (Å²) < 4.78 is 12.2. The van der Waals surface area contributed by atoms with Gasteiger partial charge in [-0.3, -0.25) is 0 Å². The van der Waals surface area contributed by atoms with Crippen molar-refractivity contribution in [2.75, 3.05) is 13.7 Å². The molecule has 1 unspecified atom stereocenters. The lowest BCUT2D eigenvalue weighted by Crippen LogP contribution is -2.22. The van der Waals surface area contributed by atoms with E-state index in [0.29, 0.717) is 22.9 Å². The molecular formula is C14H19N3O5. The Labute approximate surface area is 127 Å². The SMILES string of the molecule is COc1cccc(OCc2c(CO)nnn2CC(O)CO)c1. The Morgan fingerprint density at radius 1 is 1.27 bits per heavy atom. The minimum absolute atomic E-state index is 0.0697. The Balaban J connectivity index is 2.11. The minimum Gasteiger partial charge on any atom is -0.497 e. The largest absolute Gasteiger partial charge is 0.497 e. The van der Waals surface area contributed by atoms with Crippen LogP contribution in [0.25, 0.3) is 0 Å². The summed E-state index contributed by atoms with van der Waals surface area (Å²) in [6.45, 7) is -0.481. The second kappa shape index (κ2) is 7.74. The van der Waals surface area contributed by atoms with Crippen LogP contribution in [0.2, 0.25) is 0 Å². The van der Waals surface area contributed by atoms with E-state index in [1.165, 1.54) is 4.68 Å². The van der Waals surface area contributed by atoms with Gasteiger partial charge in [0.25, 0.3) is 0 Å². The Hall–Kier alpha value is -2.16. The van der Waals surface area contributed by atoms with Crippen molar-refractivity contribution in [1.82, 2.24) is 15.0 Å². The third-order valence-electron chi connectivity index (χ3n) is 3.08. The van der Waals surface area contributed by atoms with Gasteiger partial charge >= 0.3 is 0 Å². The second-order valence-electron chi connectivity index (χ2n) is 4.63. The van der Waals surface area contributed by atoms with Gasteiger partial charge in [-0.05, 0) is 12.1 Å². The highest BCUT2D eigenvalue weighted by Gasteiger charge is 2.15. The molecule has 1 atom stereocenters. The van der Waals surface area contributed by atoms with E-state index in [4.69, 9.17) is 14.6 Å². The van der Waals surface area contributed by atoms with Crippen LogP contribution in [0.15, 0.2) is 24.3 Å². The molecule has 1 heterocycles. The quantitative estimate of drug-likeness (QED) is 0.614. The molecule has 8 nitrogen and oxygen atoms in total. The Bertz CT molecular complexity index is 602. The molecule has 2 rings (SSSR count). The van der Waals surface area contributed by atoms with E-state index in [1.54, 1.807) is 31.4 Å². The number of hydrogen-bond acceptors (Lipinski definition) is 7. The van der Waals surface area contributed by atoms with E-state index >= 15 is 0 Å². The summed E-state index contributed by atoms with van der Waals surface area (Å²) >= 11 is 0. The predicted molar refractivity (Wildman–Crippen MR) is 76.4 cm³/mol. The first kappa shape index (κ1) is 16.2. The Morgan fingerprint density at radius 2 is 2.05 bits per heavy atom. The first-order valence-electron chi connectivity index (χ1n) is 6.75. The Morgan fingerprint density at radius 3 is 2.73 bits per heavy atom. The van der Waals surface area contributed by atoms with Gasteiger partial charge in [0.05, 0.1) is 33.0 Å². The minimum atomic E-state index is -0.955. The van der Waals surface area contributed by atoms with Crippen LogP contribution in [-0.2, 0) is 19.8 Å². The van der Waals surface area contributed by atoms with E-state index in [9.17, 15) is 10.2 Å². The summed E-state index contributed by atoms with van der Waals surface area (Å²) in [4.78, 5) is 0. The first-order valence-corrected chi connectivity index (χ1v) is 6.75. The molecule has 2 aromatic rings. The maximum Gasteiger partial charge on any atom is 0.132 e. The fourth-order valence-electron chi connectivity index (χ4n) is 1.90.